The lowest BCUT2D eigenvalue weighted by Gasteiger charge is -2.16. The quantitative estimate of drug-likeness (QED) is 0.804. The Balaban J connectivity index is 1.60. The van der Waals surface area contributed by atoms with Gasteiger partial charge in [-0.2, -0.15) is 0 Å². The first-order valence-electron chi connectivity index (χ1n) is 6.54. The number of carbonyl (C=O) groups is 1. The molecule has 5 heteroatoms. The zero-order chi connectivity index (χ0) is 12.5. The zero-order valence-corrected chi connectivity index (χ0v) is 11.3. The molecule has 0 spiro atoms. The summed E-state index contributed by atoms with van der Waals surface area (Å²) in [6.07, 6.45) is 5.69. The first-order valence-corrected chi connectivity index (χ1v) is 7.42. The fraction of sp³-hybridized carbons (Fsp3) is 0.692. The lowest BCUT2D eigenvalue weighted by Crippen LogP contribution is -2.24. The fourth-order valence-corrected chi connectivity index (χ4v) is 3.11. The SMILES string of the molecule is COC(=O)Cc1csc(NC(C2CC2)C2CC2)n1. The van der Waals surface area contributed by atoms with E-state index in [9.17, 15) is 4.79 Å². The molecule has 2 aliphatic rings. The summed E-state index contributed by atoms with van der Waals surface area (Å²) in [5, 5.41) is 6.47. The maximum absolute atomic E-state index is 11.2. The molecule has 0 aliphatic heterocycles. The van der Waals surface area contributed by atoms with Gasteiger partial charge in [0.05, 0.1) is 19.2 Å². The molecule has 1 N–H and O–H groups in total. The van der Waals surface area contributed by atoms with Gasteiger partial charge < -0.3 is 10.1 Å². The summed E-state index contributed by atoms with van der Waals surface area (Å²) in [6, 6.07) is 0.613. The molecule has 0 radical (unpaired) electrons. The molecule has 0 atom stereocenters. The van der Waals surface area contributed by atoms with Gasteiger partial charge in [0.2, 0.25) is 0 Å². The third-order valence-electron chi connectivity index (χ3n) is 3.65. The van der Waals surface area contributed by atoms with Crippen LogP contribution < -0.4 is 5.32 Å². The van der Waals surface area contributed by atoms with Gasteiger partial charge in [0, 0.05) is 11.4 Å². The number of anilines is 1. The summed E-state index contributed by atoms with van der Waals surface area (Å²) >= 11 is 1.59. The summed E-state index contributed by atoms with van der Waals surface area (Å²) in [5.74, 6) is 1.48. The van der Waals surface area contributed by atoms with Crippen molar-refractivity contribution in [3.05, 3.63) is 11.1 Å². The first kappa shape index (κ1) is 12.0. The van der Waals surface area contributed by atoms with Crippen LogP contribution in [0.15, 0.2) is 5.38 Å². The number of hydrogen-bond acceptors (Lipinski definition) is 5. The van der Waals surface area contributed by atoms with Crippen molar-refractivity contribution in [2.75, 3.05) is 12.4 Å². The number of methoxy groups -OCH3 is 1. The number of aromatic nitrogens is 1. The lowest BCUT2D eigenvalue weighted by atomic mass is 10.1. The monoisotopic (exact) mass is 266 g/mol. The fourth-order valence-electron chi connectivity index (χ4n) is 2.35. The Morgan fingerprint density at radius 1 is 1.50 bits per heavy atom. The van der Waals surface area contributed by atoms with E-state index in [1.807, 2.05) is 5.38 Å². The topological polar surface area (TPSA) is 51.2 Å². The summed E-state index contributed by atoms with van der Waals surface area (Å²) in [5.41, 5.74) is 0.805. The van der Waals surface area contributed by atoms with Crippen LogP contribution in [0.3, 0.4) is 0 Å². The molecule has 1 aromatic heterocycles. The molecule has 3 rings (SSSR count). The van der Waals surface area contributed by atoms with Gasteiger partial charge in [0.1, 0.15) is 0 Å². The predicted octanol–water partition coefficient (Wildman–Crippen LogP) is 2.46. The van der Waals surface area contributed by atoms with Crippen molar-refractivity contribution in [2.45, 2.75) is 38.1 Å². The Morgan fingerprint density at radius 3 is 2.72 bits per heavy atom. The minimum absolute atomic E-state index is 0.229. The van der Waals surface area contributed by atoms with Crippen molar-refractivity contribution in [3.63, 3.8) is 0 Å². The standard InChI is InChI=1S/C13H18N2O2S/c1-17-11(16)6-10-7-18-13(14-10)15-12(8-2-3-8)9-4-5-9/h7-9,12H,2-6H2,1H3,(H,14,15). The number of nitrogens with one attached hydrogen (secondary N) is 1. The lowest BCUT2D eigenvalue weighted by molar-refractivity contribution is -0.139. The van der Waals surface area contributed by atoms with Gasteiger partial charge in [0.15, 0.2) is 5.13 Å². The van der Waals surface area contributed by atoms with E-state index in [-0.39, 0.29) is 12.4 Å². The van der Waals surface area contributed by atoms with Crippen LogP contribution in [0.2, 0.25) is 0 Å². The summed E-state index contributed by atoms with van der Waals surface area (Å²) in [7, 11) is 1.41. The average Bonchev–Trinajstić information content (AvgIpc) is 3.27. The molecule has 0 unspecified atom stereocenters. The molecule has 0 aromatic carbocycles. The van der Waals surface area contributed by atoms with Gasteiger partial charge in [-0.15, -0.1) is 11.3 Å². The number of thiazole rings is 1. The summed E-state index contributed by atoms with van der Waals surface area (Å²) in [4.78, 5) is 15.6. The van der Waals surface area contributed by atoms with Crippen molar-refractivity contribution >= 4 is 22.4 Å². The van der Waals surface area contributed by atoms with E-state index in [0.717, 1.165) is 22.7 Å². The van der Waals surface area contributed by atoms with E-state index >= 15 is 0 Å². The van der Waals surface area contributed by atoms with Crippen LogP contribution in [0, 0.1) is 11.8 Å². The Labute approximate surface area is 111 Å². The maximum Gasteiger partial charge on any atom is 0.311 e. The number of ether oxygens (including phenoxy) is 1. The molecule has 2 saturated carbocycles. The van der Waals surface area contributed by atoms with E-state index in [4.69, 9.17) is 0 Å². The molecule has 0 amide bonds. The number of carbonyl (C=O) groups excluding carboxylic acids is 1. The van der Waals surface area contributed by atoms with Crippen molar-refractivity contribution < 1.29 is 9.53 Å². The van der Waals surface area contributed by atoms with Crippen molar-refractivity contribution in [3.8, 4) is 0 Å². The second-order valence-corrected chi connectivity index (χ2v) is 6.10. The van der Waals surface area contributed by atoms with Crippen LogP contribution in [0.5, 0.6) is 0 Å². The number of hydrogen-bond donors (Lipinski definition) is 1. The molecule has 1 aromatic rings. The van der Waals surface area contributed by atoms with Crippen LogP contribution in [0.4, 0.5) is 5.13 Å². The molecule has 1 heterocycles. The highest BCUT2D eigenvalue weighted by Gasteiger charge is 2.41. The average molecular weight is 266 g/mol. The molecule has 98 valence electrons. The highest BCUT2D eigenvalue weighted by atomic mass is 32.1. The first-order chi connectivity index (χ1) is 8.76. The maximum atomic E-state index is 11.2. The molecule has 2 aliphatic carbocycles. The molecule has 4 nitrogen and oxygen atoms in total. The number of nitrogens with zero attached hydrogens (tertiary/aromatic N) is 1. The van der Waals surface area contributed by atoms with Crippen molar-refractivity contribution in [1.82, 2.24) is 4.98 Å². The third-order valence-corrected chi connectivity index (χ3v) is 4.48. The predicted molar refractivity (Wildman–Crippen MR) is 70.7 cm³/mol. The van der Waals surface area contributed by atoms with Gasteiger partial charge in [-0.25, -0.2) is 4.98 Å². The van der Waals surface area contributed by atoms with Gasteiger partial charge in [-0.1, -0.05) is 0 Å². The minimum Gasteiger partial charge on any atom is -0.469 e. The van der Waals surface area contributed by atoms with Gasteiger partial charge in [0.25, 0.3) is 0 Å². The second-order valence-electron chi connectivity index (χ2n) is 5.24. The zero-order valence-electron chi connectivity index (χ0n) is 10.5. The van der Waals surface area contributed by atoms with Crippen molar-refractivity contribution in [2.24, 2.45) is 11.8 Å². The highest BCUT2D eigenvalue weighted by Crippen LogP contribution is 2.46. The Kier molecular flexibility index (Phi) is 3.24. The number of rotatable bonds is 6. The van der Waals surface area contributed by atoms with Crippen LogP contribution in [-0.4, -0.2) is 24.1 Å². The summed E-state index contributed by atoms with van der Waals surface area (Å²) < 4.78 is 4.65. The van der Waals surface area contributed by atoms with E-state index in [1.165, 1.54) is 32.8 Å². The molecular weight excluding hydrogens is 248 g/mol. The normalized spacial score (nSPS) is 19.0. The summed E-state index contributed by atoms with van der Waals surface area (Å²) in [6.45, 7) is 0. The van der Waals surface area contributed by atoms with E-state index < -0.39 is 0 Å². The molecule has 0 saturated heterocycles. The Hall–Kier alpha value is -1.10. The Bertz CT molecular complexity index is 426. The number of esters is 1. The van der Waals surface area contributed by atoms with Crippen LogP contribution in [0.25, 0.3) is 0 Å². The highest BCUT2D eigenvalue weighted by molar-refractivity contribution is 7.13. The molecule has 0 bridgehead atoms. The van der Waals surface area contributed by atoms with E-state index in [1.54, 1.807) is 11.3 Å². The van der Waals surface area contributed by atoms with E-state index in [2.05, 4.69) is 15.0 Å². The molecule has 18 heavy (non-hydrogen) atoms. The van der Waals surface area contributed by atoms with Crippen LogP contribution in [0.1, 0.15) is 31.4 Å². The second kappa shape index (κ2) is 4.88. The minimum atomic E-state index is -0.229. The van der Waals surface area contributed by atoms with Crippen LogP contribution in [-0.2, 0) is 16.0 Å². The van der Waals surface area contributed by atoms with Gasteiger partial charge in [-0.05, 0) is 37.5 Å². The van der Waals surface area contributed by atoms with Crippen molar-refractivity contribution in [1.29, 1.82) is 0 Å². The molecular formula is C13H18N2O2S. The van der Waals surface area contributed by atoms with Gasteiger partial charge >= 0.3 is 5.97 Å². The smallest absolute Gasteiger partial charge is 0.311 e. The Morgan fingerprint density at radius 2 is 2.17 bits per heavy atom. The van der Waals surface area contributed by atoms with E-state index in [0.29, 0.717) is 6.04 Å². The third kappa shape index (κ3) is 2.83. The van der Waals surface area contributed by atoms with Gasteiger partial charge in [-0.3, -0.25) is 4.79 Å². The largest absolute Gasteiger partial charge is 0.469 e. The van der Waals surface area contributed by atoms with Crippen LogP contribution >= 0.6 is 11.3 Å². The molecule has 2 fully saturated rings.